The molecule has 1 aliphatic heterocycles. The molecule has 0 bridgehead atoms. The van der Waals surface area contributed by atoms with Crippen LogP contribution < -0.4 is 15.8 Å². The van der Waals surface area contributed by atoms with E-state index in [0.29, 0.717) is 6.20 Å². The van der Waals surface area contributed by atoms with E-state index in [4.69, 9.17) is 10.5 Å². The summed E-state index contributed by atoms with van der Waals surface area (Å²) < 4.78 is 103. The highest BCUT2D eigenvalue weighted by Gasteiger charge is 2.57. The van der Waals surface area contributed by atoms with Gasteiger partial charge in [0.2, 0.25) is 11.5 Å². The number of nitrogens with zero attached hydrogens (tertiary/aromatic N) is 3. The molecule has 1 aliphatic rings. The summed E-state index contributed by atoms with van der Waals surface area (Å²) >= 11 is 0. The average Bonchev–Trinajstić information content (AvgIpc) is 3.53. The predicted molar refractivity (Wildman–Crippen MR) is 134 cm³/mol. The SMILES string of the molecule is C[C@]1(C(N)=O)COc2c1cc([C@@](O)(CNC(=O)c1ccc3nc(C(F)(F)F)cn3c1)C(F)(F)F)nc2-c1ccc(F)cc1. The highest BCUT2D eigenvalue weighted by atomic mass is 19.4. The van der Waals surface area contributed by atoms with E-state index in [1.165, 1.54) is 19.1 Å². The number of aliphatic hydroxyl groups is 1. The van der Waals surface area contributed by atoms with Crippen molar-refractivity contribution in [1.82, 2.24) is 19.7 Å². The van der Waals surface area contributed by atoms with E-state index >= 15 is 0 Å². The predicted octanol–water partition coefficient (Wildman–Crippen LogP) is 3.87. The molecule has 0 fully saturated rings. The van der Waals surface area contributed by atoms with Crippen LogP contribution >= 0.6 is 0 Å². The first-order valence-corrected chi connectivity index (χ1v) is 12.3. The number of primary amides is 1. The Morgan fingerprint density at radius 1 is 1.05 bits per heavy atom. The number of amides is 2. The Labute approximate surface area is 237 Å². The van der Waals surface area contributed by atoms with Crippen molar-refractivity contribution in [2.24, 2.45) is 5.73 Å². The fourth-order valence-corrected chi connectivity index (χ4v) is 4.51. The number of aromatic nitrogens is 3. The Morgan fingerprint density at radius 3 is 2.33 bits per heavy atom. The first-order chi connectivity index (χ1) is 19.9. The number of ether oxygens (including phenoxy) is 1. The second kappa shape index (κ2) is 9.93. The molecule has 0 unspecified atom stereocenters. The van der Waals surface area contributed by atoms with Crippen molar-refractivity contribution < 1.29 is 50.2 Å². The van der Waals surface area contributed by atoms with Crippen LogP contribution in [0.2, 0.25) is 0 Å². The summed E-state index contributed by atoms with van der Waals surface area (Å²) in [6, 6.07) is 7.34. The number of halogens is 7. The Balaban J connectivity index is 1.55. The number of carbonyl (C=O) groups excluding carboxylic acids is 2. The molecule has 16 heteroatoms. The summed E-state index contributed by atoms with van der Waals surface area (Å²) in [6.45, 7) is -0.525. The Bertz CT molecular complexity index is 1750. The lowest BCUT2D eigenvalue weighted by Gasteiger charge is -2.31. The van der Waals surface area contributed by atoms with Gasteiger partial charge in [-0.15, -0.1) is 0 Å². The van der Waals surface area contributed by atoms with Crippen LogP contribution in [0.5, 0.6) is 5.75 Å². The maximum absolute atomic E-state index is 14.5. The second-order valence-electron chi connectivity index (χ2n) is 10.1. The van der Waals surface area contributed by atoms with Crippen LogP contribution in [-0.2, 0) is 22.0 Å². The minimum atomic E-state index is -5.46. The maximum Gasteiger partial charge on any atom is 0.434 e. The average molecular weight is 611 g/mol. The molecule has 4 N–H and O–H groups in total. The zero-order chi connectivity index (χ0) is 31.5. The molecule has 0 radical (unpaired) electrons. The van der Waals surface area contributed by atoms with E-state index in [9.17, 15) is 45.4 Å². The van der Waals surface area contributed by atoms with Crippen molar-refractivity contribution in [3.05, 3.63) is 83.2 Å². The number of carbonyl (C=O) groups is 2. The van der Waals surface area contributed by atoms with Crippen LogP contribution in [0, 0.1) is 5.82 Å². The largest absolute Gasteiger partial charge is 0.489 e. The van der Waals surface area contributed by atoms with E-state index in [1.54, 1.807) is 0 Å². The lowest BCUT2D eigenvalue weighted by Crippen LogP contribution is -2.51. The first kappa shape index (κ1) is 29.8. The molecular formula is C27H20F7N5O4. The lowest BCUT2D eigenvalue weighted by atomic mass is 9.81. The van der Waals surface area contributed by atoms with Crippen molar-refractivity contribution in [3.8, 4) is 17.0 Å². The molecule has 2 amide bonds. The van der Waals surface area contributed by atoms with Gasteiger partial charge in [0.1, 0.15) is 34.9 Å². The van der Waals surface area contributed by atoms with Crippen molar-refractivity contribution in [2.75, 3.05) is 13.2 Å². The zero-order valence-corrected chi connectivity index (χ0v) is 21.8. The Hall–Kier alpha value is -4.73. The molecule has 226 valence electrons. The number of pyridine rings is 2. The normalized spacial score (nSPS) is 18.2. The van der Waals surface area contributed by atoms with Gasteiger partial charge in [-0.1, -0.05) is 0 Å². The van der Waals surface area contributed by atoms with Crippen molar-refractivity contribution in [1.29, 1.82) is 0 Å². The van der Waals surface area contributed by atoms with Gasteiger partial charge in [0.25, 0.3) is 5.91 Å². The van der Waals surface area contributed by atoms with E-state index in [0.717, 1.165) is 40.9 Å². The molecule has 5 rings (SSSR count). The highest BCUT2D eigenvalue weighted by Crippen LogP contribution is 2.47. The number of imidazole rings is 1. The van der Waals surface area contributed by atoms with Gasteiger partial charge >= 0.3 is 12.4 Å². The molecule has 2 atom stereocenters. The van der Waals surface area contributed by atoms with Crippen LogP contribution in [0.1, 0.15) is 34.2 Å². The van der Waals surface area contributed by atoms with Gasteiger partial charge in [-0.05, 0) is 49.4 Å². The minimum Gasteiger partial charge on any atom is -0.489 e. The van der Waals surface area contributed by atoms with Crippen LogP contribution in [0.4, 0.5) is 30.7 Å². The number of rotatable bonds is 6. The maximum atomic E-state index is 14.5. The monoisotopic (exact) mass is 611 g/mol. The minimum absolute atomic E-state index is 0.0913. The molecule has 0 saturated carbocycles. The highest BCUT2D eigenvalue weighted by molar-refractivity contribution is 5.94. The molecule has 1 aromatic carbocycles. The number of hydrogen-bond acceptors (Lipinski definition) is 6. The van der Waals surface area contributed by atoms with Crippen LogP contribution in [0.3, 0.4) is 0 Å². The molecular weight excluding hydrogens is 591 g/mol. The van der Waals surface area contributed by atoms with E-state index < -0.39 is 58.9 Å². The molecule has 4 heterocycles. The molecule has 3 aromatic heterocycles. The van der Waals surface area contributed by atoms with Crippen LogP contribution in [0.15, 0.2) is 54.9 Å². The topological polar surface area (TPSA) is 132 Å². The number of hydrogen-bond donors (Lipinski definition) is 3. The van der Waals surface area contributed by atoms with Crippen LogP contribution in [0.25, 0.3) is 16.9 Å². The van der Waals surface area contributed by atoms with Crippen molar-refractivity contribution in [2.45, 2.75) is 30.3 Å². The fraction of sp³-hybridized carbons (Fsp3) is 0.259. The molecule has 0 spiro atoms. The van der Waals surface area contributed by atoms with E-state index in [-0.39, 0.29) is 40.4 Å². The third kappa shape index (κ3) is 5.11. The third-order valence-electron chi connectivity index (χ3n) is 7.14. The standard InChI is InChI=1S/C27H20F7N5O4/c1-24(23(35)41)12-43-21-16(24)8-17(38-20(21)13-2-5-15(28)6-3-13)25(42,27(32,33)34)11-36-22(40)14-4-7-19-37-18(26(29,30)31)10-39(19)9-14/h2-10,42H,11-12H2,1H3,(H2,35,41)(H,36,40)/t24-,25-/m0/s1. The number of alkyl halides is 6. The molecule has 43 heavy (non-hydrogen) atoms. The van der Waals surface area contributed by atoms with E-state index in [1.807, 2.05) is 5.32 Å². The molecule has 4 aromatic rings. The smallest absolute Gasteiger partial charge is 0.434 e. The summed E-state index contributed by atoms with van der Waals surface area (Å²) in [5.41, 5.74) is -3.03. The zero-order valence-electron chi connectivity index (χ0n) is 21.8. The van der Waals surface area contributed by atoms with Gasteiger partial charge in [-0.25, -0.2) is 14.4 Å². The molecule has 0 aliphatic carbocycles. The van der Waals surface area contributed by atoms with Gasteiger partial charge in [0.15, 0.2) is 5.69 Å². The number of fused-ring (bicyclic) bond motifs is 2. The summed E-state index contributed by atoms with van der Waals surface area (Å²) in [7, 11) is 0. The second-order valence-corrected chi connectivity index (χ2v) is 10.1. The molecule has 9 nitrogen and oxygen atoms in total. The van der Waals surface area contributed by atoms with E-state index in [2.05, 4.69) is 9.97 Å². The van der Waals surface area contributed by atoms with Gasteiger partial charge in [0, 0.05) is 23.5 Å². The summed E-state index contributed by atoms with van der Waals surface area (Å²) in [6.07, 6.45) is -8.71. The van der Waals surface area contributed by atoms with Crippen LogP contribution in [-0.4, -0.2) is 50.6 Å². The Morgan fingerprint density at radius 2 is 1.72 bits per heavy atom. The number of nitrogens with one attached hydrogen (secondary N) is 1. The number of benzene rings is 1. The summed E-state index contributed by atoms with van der Waals surface area (Å²) in [4.78, 5) is 32.5. The van der Waals surface area contributed by atoms with Gasteiger partial charge in [-0.2, -0.15) is 26.3 Å². The van der Waals surface area contributed by atoms with Crippen molar-refractivity contribution >= 4 is 17.5 Å². The third-order valence-corrected chi connectivity index (χ3v) is 7.14. The van der Waals surface area contributed by atoms with Gasteiger partial charge in [0.05, 0.1) is 17.8 Å². The molecule has 0 saturated heterocycles. The summed E-state index contributed by atoms with van der Waals surface area (Å²) in [5.74, 6) is -2.87. The fourth-order valence-electron chi connectivity index (χ4n) is 4.51. The quantitative estimate of drug-likeness (QED) is 0.284. The Kier molecular flexibility index (Phi) is 6.87. The van der Waals surface area contributed by atoms with Gasteiger partial charge < -0.3 is 25.3 Å². The first-order valence-electron chi connectivity index (χ1n) is 12.3. The number of nitrogens with two attached hydrogens (primary N) is 1. The van der Waals surface area contributed by atoms with Crippen molar-refractivity contribution in [3.63, 3.8) is 0 Å². The lowest BCUT2D eigenvalue weighted by molar-refractivity contribution is -0.265. The summed E-state index contributed by atoms with van der Waals surface area (Å²) in [5, 5.41) is 13.0. The van der Waals surface area contributed by atoms with Gasteiger partial charge in [-0.3, -0.25) is 9.59 Å².